The molecule has 1 heterocycles. The van der Waals surface area contributed by atoms with Crippen LogP contribution in [0.1, 0.15) is 35.7 Å². The van der Waals surface area contributed by atoms with Crippen molar-refractivity contribution in [1.29, 1.82) is 0 Å². The molecule has 2 rings (SSSR count). The molecule has 0 aliphatic carbocycles. The van der Waals surface area contributed by atoms with E-state index in [2.05, 4.69) is 10.6 Å². The summed E-state index contributed by atoms with van der Waals surface area (Å²) in [5.41, 5.74) is 1.59. The number of piperidine rings is 1. The predicted molar refractivity (Wildman–Crippen MR) is 98.0 cm³/mol. The average molecular weight is 375 g/mol. The van der Waals surface area contributed by atoms with Crippen LogP contribution in [0, 0.1) is 12.8 Å². The van der Waals surface area contributed by atoms with Gasteiger partial charge < -0.3 is 15.0 Å². The lowest BCUT2D eigenvalue weighted by atomic mass is 9.96. The second-order valence-corrected chi connectivity index (χ2v) is 6.40. The van der Waals surface area contributed by atoms with Crippen LogP contribution in [0.5, 0.6) is 0 Å². The van der Waals surface area contributed by atoms with Crippen LogP contribution in [0.15, 0.2) is 24.3 Å². The highest BCUT2D eigenvalue weighted by atomic mass is 16.5. The maximum absolute atomic E-state index is 12.6. The topological polar surface area (TPSA) is 105 Å². The van der Waals surface area contributed by atoms with Crippen LogP contribution in [0.3, 0.4) is 0 Å². The Morgan fingerprint density at radius 3 is 2.44 bits per heavy atom. The molecule has 8 heteroatoms. The van der Waals surface area contributed by atoms with Crippen molar-refractivity contribution in [1.82, 2.24) is 15.5 Å². The lowest BCUT2D eigenvalue weighted by Crippen LogP contribution is -2.43. The Morgan fingerprint density at radius 2 is 1.81 bits per heavy atom. The Bertz CT molecular complexity index is 711. The van der Waals surface area contributed by atoms with Gasteiger partial charge in [0.1, 0.15) is 0 Å². The van der Waals surface area contributed by atoms with Crippen molar-refractivity contribution in [2.75, 3.05) is 26.2 Å². The van der Waals surface area contributed by atoms with Gasteiger partial charge >= 0.3 is 12.0 Å². The van der Waals surface area contributed by atoms with E-state index in [0.29, 0.717) is 38.0 Å². The van der Waals surface area contributed by atoms with Gasteiger partial charge in [0.05, 0.1) is 5.92 Å². The zero-order valence-corrected chi connectivity index (χ0v) is 15.6. The number of amides is 4. The highest BCUT2D eigenvalue weighted by molar-refractivity contribution is 5.96. The summed E-state index contributed by atoms with van der Waals surface area (Å²) in [6.07, 6.45) is 0.961. The van der Waals surface area contributed by atoms with Crippen LogP contribution in [0.2, 0.25) is 0 Å². The fourth-order valence-electron chi connectivity index (χ4n) is 2.92. The first kappa shape index (κ1) is 20.4. The molecule has 1 aromatic rings. The summed E-state index contributed by atoms with van der Waals surface area (Å²) in [5.74, 6) is -1.56. The molecule has 0 unspecified atom stereocenters. The molecule has 1 aliphatic heterocycles. The fourth-order valence-corrected chi connectivity index (χ4v) is 2.92. The minimum absolute atomic E-state index is 0.0405. The highest BCUT2D eigenvalue weighted by Gasteiger charge is 2.29. The molecule has 0 radical (unpaired) electrons. The van der Waals surface area contributed by atoms with Gasteiger partial charge in [-0.3, -0.25) is 19.7 Å². The number of hydrogen-bond acceptors (Lipinski definition) is 5. The Kier molecular flexibility index (Phi) is 7.34. The number of likely N-dealkylation sites (tertiary alicyclic amines) is 1. The molecule has 8 nitrogen and oxygen atoms in total. The standard InChI is InChI=1S/C19H25N3O5/c1-3-20-19(26)21-16(23)12-27-18(25)14-8-10-22(11-9-14)17(24)15-7-5-4-6-13(15)2/h4-7,14H,3,8-12H2,1-2H3,(H2,20,21,23,26). The number of imide groups is 1. The van der Waals surface area contributed by atoms with E-state index in [1.165, 1.54) is 0 Å². The minimum Gasteiger partial charge on any atom is -0.455 e. The van der Waals surface area contributed by atoms with E-state index in [1.54, 1.807) is 17.9 Å². The Balaban J connectivity index is 1.77. The van der Waals surface area contributed by atoms with E-state index in [9.17, 15) is 19.2 Å². The molecule has 27 heavy (non-hydrogen) atoms. The molecule has 4 amide bonds. The monoisotopic (exact) mass is 375 g/mol. The predicted octanol–water partition coefficient (Wildman–Crippen LogP) is 1.24. The van der Waals surface area contributed by atoms with E-state index < -0.39 is 24.5 Å². The van der Waals surface area contributed by atoms with Crippen molar-refractivity contribution in [3.05, 3.63) is 35.4 Å². The maximum atomic E-state index is 12.6. The summed E-state index contributed by atoms with van der Waals surface area (Å²) < 4.78 is 4.99. The summed E-state index contributed by atoms with van der Waals surface area (Å²) in [6, 6.07) is 6.78. The number of rotatable bonds is 5. The van der Waals surface area contributed by atoms with Crippen molar-refractivity contribution in [3.8, 4) is 0 Å². The summed E-state index contributed by atoms with van der Waals surface area (Å²) in [6.45, 7) is 4.41. The maximum Gasteiger partial charge on any atom is 0.321 e. The Labute approximate surface area is 158 Å². The van der Waals surface area contributed by atoms with Crippen LogP contribution in [-0.2, 0) is 14.3 Å². The lowest BCUT2D eigenvalue weighted by Gasteiger charge is -2.31. The molecule has 146 valence electrons. The number of carbonyl (C=O) groups is 4. The van der Waals surface area contributed by atoms with Crippen LogP contribution < -0.4 is 10.6 Å². The summed E-state index contributed by atoms with van der Waals surface area (Å²) in [4.78, 5) is 49.2. The van der Waals surface area contributed by atoms with Crippen molar-refractivity contribution in [2.45, 2.75) is 26.7 Å². The normalized spacial score (nSPS) is 14.4. The zero-order valence-electron chi connectivity index (χ0n) is 15.6. The summed E-state index contributed by atoms with van der Waals surface area (Å²) >= 11 is 0. The lowest BCUT2D eigenvalue weighted by molar-refractivity contribution is -0.153. The summed E-state index contributed by atoms with van der Waals surface area (Å²) in [5, 5.41) is 4.48. The SMILES string of the molecule is CCNC(=O)NC(=O)COC(=O)C1CCN(C(=O)c2ccccc2C)CC1. The number of urea groups is 1. The Hall–Kier alpha value is -2.90. The van der Waals surface area contributed by atoms with Gasteiger partial charge in [-0.1, -0.05) is 18.2 Å². The van der Waals surface area contributed by atoms with Gasteiger partial charge in [-0.25, -0.2) is 4.79 Å². The van der Waals surface area contributed by atoms with Crippen LogP contribution >= 0.6 is 0 Å². The van der Waals surface area contributed by atoms with E-state index >= 15 is 0 Å². The van der Waals surface area contributed by atoms with Gasteiger partial charge in [0.25, 0.3) is 11.8 Å². The first-order chi connectivity index (χ1) is 12.9. The number of esters is 1. The third-order valence-electron chi connectivity index (χ3n) is 4.43. The molecule has 1 aromatic carbocycles. The van der Waals surface area contributed by atoms with E-state index in [4.69, 9.17) is 4.74 Å². The second-order valence-electron chi connectivity index (χ2n) is 6.40. The third kappa shape index (κ3) is 5.80. The van der Waals surface area contributed by atoms with Crippen LogP contribution in [-0.4, -0.2) is 55.0 Å². The van der Waals surface area contributed by atoms with Crippen molar-refractivity contribution >= 4 is 23.8 Å². The quantitative estimate of drug-likeness (QED) is 0.754. The first-order valence-corrected chi connectivity index (χ1v) is 9.01. The molecular weight excluding hydrogens is 350 g/mol. The van der Waals surface area contributed by atoms with Crippen molar-refractivity contribution in [2.24, 2.45) is 5.92 Å². The zero-order chi connectivity index (χ0) is 19.8. The number of nitrogens with zero attached hydrogens (tertiary/aromatic N) is 1. The molecule has 0 atom stereocenters. The number of carbonyl (C=O) groups excluding carboxylic acids is 4. The number of benzene rings is 1. The largest absolute Gasteiger partial charge is 0.455 e. The molecular formula is C19H25N3O5. The van der Waals surface area contributed by atoms with Gasteiger partial charge in [-0.05, 0) is 38.3 Å². The third-order valence-corrected chi connectivity index (χ3v) is 4.43. The van der Waals surface area contributed by atoms with Gasteiger partial charge in [0, 0.05) is 25.2 Å². The van der Waals surface area contributed by atoms with E-state index in [1.807, 2.05) is 25.1 Å². The molecule has 0 bridgehead atoms. The number of aryl methyl sites for hydroxylation is 1. The van der Waals surface area contributed by atoms with Crippen LogP contribution in [0.4, 0.5) is 4.79 Å². The fraction of sp³-hybridized carbons (Fsp3) is 0.474. The number of hydrogen-bond donors (Lipinski definition) is 2. The molecule has 1 fully saturated rings. The van der Waals surface area contributed by atoms with E-state index in [-0.39, 0.29) is 11.8 Å². The van der Waals surface area contributed by atoms with Crippen molar-refractivity contribution < 1.29 is 23.9 Å². The van der Waals surface area contributed by atoms with Crippen LogP contribution in [0.25, 0.3) is 0 Å². The second kappa shape index (κ2) is 9.70. The molecule has 1 saturated heterocycles. The highest BCUT2D eigenvalue weighted by Crippen LogP contribution is 2.21. The first-order valence-electron chi connectivity index (χ1n) is 9.01. The number of ether oxygens (including phenoxy) is 1. The van der Waals surface area contributed by atoms with Gasteiger partial charge in [0.2, 0.25) is 0 Å². The molecule has 1 aliphatic rings. The average Bonchev–Trinajstić information content (AvgIpc) is 2.66. The minimum atomic E-state index is -0.679. The van der Waals surface area contributed by atoms with Gasteiger partial charge in [-0.15, -0.1) is 0 Å². The van der Waals surface area contributed by atoms with Crippen molar-refractivity contribution in [3.63, 3.8) is 0 Å². The van der Waals surface area contributed by atoms with E-state index in [0.717, 1.165) is 5.56 Å². The van der Waals surface area contributed by atoms with Gasteiger partial charge in [0.15, 0.2) is 6.61 Å². The molecule has 2 N–H and O–H groups in total. The molecule has 0 saturated carbocycles. The molecule has 0 spiro atoms. The van der Waals surface area contributed by atoms with Gasteiger partial charge in [-0.2, -0.15) is 0 Å². The Morgan fingerprint density at radius 1 is 1.15 bits per heavy atom. The summed E-state index contributed by atoms with van der Waals surface area (Å²) in [7, 11) is 0. The number of nitrogens with one attached hydrogen (secondary N) is 2. The smallest absolute Gasteiger partial charge is 0.321 e. The molecule has 0 aromatic heterocycles.